The molecular formula is C29H24BrN3O7S. The summed E-state index contributed by atoms with van der Waals surface area (Å²) in [6, 6.07) is 14.0. The molecule has 41 heavy (non-hydrogen) atoms. The van der Waals surface area contributed by atoms with Crippen LogP contribution in [0, 0.1) is 10.1 Å². The van der Waals surface area contributed by atoms with Gasteiger partial charge in [0, 0.05) is 33.8 Å². The van der Waals surface area contributed by atoms with Gasteiger partial charge in [0.15, 0.2) is 4.80 Å². The number of fused-ring (bicyclic) bond motifs is 1. The quantitative estimate of drug-likeness (QED) is 0.156. The number of ether oxygens (including phenoxy) is 2. The Kier molecular flexibility index (Phi) is 7.78. The van der Waals surface area contributed by atoms with E-state index in [1.165, 1.54) is 35.1 Å². The van der Waals surface area contributed by atoms with Gasteiger partial charge in [0.2, 0.25) is 0 Å². The highest BCUT2D eigenvalue weighted by Crippen LogP contribution is 2.37. The van der Waals surface area contributed by atoms with Crippen LogP contribution in [0.5, 0.6) is 5.75 Å². The number of hydrogen-bond donors (Lipinski definition) is 0. The van der Waals surface area contributed by atoms with Gasteiger partial charge in [-0.2, -0.15) is 0 Å². The topological polar surface area (TPSA) is 126 Å². The first-order valence-corrected chi connectivity index (χ1v) is 14.1. The number of hydrogen-bond acceptors (Lipinski definition) is 9. The number of nitro groups is 1. The highest BCUT2D eigenvalue weighted by molar-refractivity contribution is 9.10. The summed E-state index contributed by atoms with van der Waals surface area (Å²) in [6.45, 7) is 5.23. The van der Waals surface area contributed by atoms with Crippen LogP contribution < -0.4 is 19.6 Å². The molecule has 5 rings (SSSR count). The van der Waals surface area contributed by atoms with Crippen LogP contribution in [-0.4, -0.2) is 28.7 Å². The van der Waals surface area contributed by atoms with Gasteiger partial charge in [-0.25, -0.2) is 9.79 Å². The number of nitro benzene ring substituents is 1. The lowest BCUT2D eigenvalue weighted by atomic mass is 9.95. The lowest BCUT2D eigenvalue weighted by Gasteiger charge is -2.26. The predicted molar refractivity (Wildman–Crippen MR) is 156 cm³/mol. The first kappa shape index (κ1) is 28.2. The highest BCUT2D eigenvalue weighted by Gasteiger charge is 2.35. The van der Waals surface area contributed by atoms with Gasteiger partial charge in [-0.1, -0.05) is 27.3 Å². The maximum Gasteiger partial charge on any atom is 0.338 e. The molecule has 10 nitrogen and oxygen atoms in total. The molecule has 210 valence electrons. The molecule has 0 saturated carbocycles. The van der Waals surface area contributed by atoms with E-state index in [-0.39, 0.29) is 22.9 Å². The Balaban J connectivity index is 1.64. The number of nitrogens with zero attached hydrogens (tertiary/aromatic N) is 3. The van der Waals surface area contributed by atoms with E-state index in [1.54, 1.807) is 57.2 Å². The average Bonchev–Trinajstić information content (AvgIpc) is 3.51. The number of carbonyl (C=O) groups is 1. The van der Waals surface area contributed by atoms with Gasteiger partial charge in [-0.15, -0.1) is 0 Å². The first-order chi connectivity index (χ1) is 19.6. The molecule has 0 aliphatic carbocycles. The fourth-order valence-corrected chi connectivity index (χ4v) is 5.94. The number of halogens is 1. The Morgan fingerprint density at radius 2 is 1.93 bits per heavy atom. The standard InChI is InChI=1S/C29H24BrN3O7S/c1-15(2)39-28(35)25-16(3)31-29-32(26(25)21-13-18(30)7-11-23(21)38-4)27(34)24(41-29)14-20-10-12-22(40-20)17-5-8-19(9-6-17)33(36)37/h5-15,26H,1-4H3/b24-14-/t26-/m1/s1. The van der Waals surface area contributed by atoms with Crippen LogP contribution >= 0.6 is 27.3 Å². The Morgan fingerprint density at radius 1 is 1.20 bits per heavy atom. The molecule has 0 spiro atoms. The number of benzene rings is 2. The molecule has 1 atom stereocenters. The molecule has 2 aromatic heterocycles. The van der Waals surface area contributed by atoms with E-state index in [9.17, 15) is 19.7 Å². The van der Waals surface area contributed by atoms with Crippen molar-refractivity contribution in [3.8, 4) is 17.1 Å². The summed E-state index contributed by atoms with van der Waals surface area (Å²) in [7, 11) is 1.53. The molecule has 0 amide bonds. The van der Waals surface area contributed by atoms with Crippen LogP contribution in [0.1, 0.15) is 38.1 Å². The van der Waals surface area contributed by atoms with Gasteiger partial charge >= 0.3 is 5.97 Å². The monoisotopic (exact) mass is 637 g/mol. The van der Waals surface area contributed by atoms with Crippen molar-refractivity contribution in [3.05, 3.63) is 111 Å². The van der Waals surface area contributed by atoms with Crippen molar-refractivity contribution in [2.24, 2.45) is 4.99 Å². The summed E-state index contributed by atoms with van der Waals surface area (Å²) in [5.74, 6) is 0.832. The van der Waals surface area contributed by atoms with Gasteiger partial charge in [-0.3, -0.25) is 19.5 Å². The lowest BCUT2D eigenvalue weighted by molar-refractivity contribution is -0.384. The molecule has 0 fully saturated rings. The third-order valence-electron chi connectivity index (χ3n) is 6.33. The zero-order valence-electron chi connectivity index (χ0n) is 22.4. The van der Waals surface area contributed by atoms with Crippen molar-refractivity contribution in [1.29, 1.82) is 0 Å². The van der Waals surface area contributed by atoms with Crippen LogP contribution in [0.2, 0.25) is 0 Å². The Morgan fingerprint density at radius 3 is 2.59 bits per heavy atom. The fraction of sp³-hybridized carbons (Fsp3) is 0.207. The molecule has 0 saturated heterocycles. The molecule has 0 N–H and O–H groups in total. The van der Waals surface area contributed by atoms with Crippen molar-refractivity contribution in [3.63, 3.8) is 0 Å². The van der Waals surface area contributed by atoms with E-state index < -0.39 is 16.9 Å². The third-order valence-corrected chi connectivity index (χ3v) is 7.81. The van der Waals surface area contributed by atoms with E-state index in [1.807, 2.05) is 12.1 Å². The van der Waals surface area contributed by atoms with Crippen LogP contribution in [0.15, 0.2) is 84.5 Å². The van der Waals surface area contributed by atoms with Gasteiger partial charge in [-0.05, 0) is 63.2 Å². The van der Waals surface area contributed by atoms with Gasteiger partial charge < -0.3 is 13.9 Å². The normalized spacial score (nSPS) is 15.1. The van der Waals surface area contributed by atoms with E-state index in [0.29, 0.717) is 43.4 Å². The van der Waals surface area contributed by atoms with Crippen LogP contribution in [0.25, 0.3) is 17.4 Å². The van der Waals surface area contributed by atoms with Crippen molar-refractivity contribution in [2.45, 2.75) is 32.9 Å². The second kappa shape index (κ2) is 11.3. The number of furan rings is 1. The van der Waals surface area contributed by atoms with Crippen LogP contribution in [-0.2, 0) is 9.53 Å². The van der Waals surface area contributed by atoms with Crippen LogP contribution in [0.3, 0.4) is 0 Å². The summed E-state index contributed by atoms with van der Waals surface area (Å²) in [6.07, 6.45) is 1.24. The smallest absolute Gasteiger partial charge is 0.338 e. The summed E-state index contributed by atoms with van der Waals surface area (Å²) in [5.41, 5.74) is 1.54. The van der Waals surface area contributed by atoms with Crippen molar-refractivity contribution < 1.29 is 23.6 Å². The first-order valence-electron chi connectivity index (χ1n) is 12.5. The molecule has 1 aliphatic heterocycles. The highest BCUT2D eigenvalue weighted by atomic mass is 79.9. The summed E-state index contributed by atoms with van der Waals surface area (Å²) in [4.78, 5) is 42.8. The number of carbonyl (C=O) groups excluding carboxylic acids is 1. The van der Waals surface area contributed by atoms with Crippen LogP contribution in [0.4, 0.5) is 5.69 Å². The molecule has 2 aromatic carbocycles. The Bertz CT molecular complexity index is 1880. The van der Waals surface area contributed by atoms with Gasteiger partial charge in [0.25, 0.3) is 11.2 Å². The summed E-state index contributed by atoms with van der Waals surface area (Å²) >= 11 is 4.67. The number of esters is 1. The van der Waals surface area contributed by atoms with E-state index in [2.05, 4.69) is 20.9 Å². The van der Waals surface area contributed by atoms with Gasteiger partial charge in [0.05, 0.1) is 33.9 Å². The minimum Gasteiger partial charge on any atom is -0.496 e. The molecule has 12 heteroatoms. The molecule has 0 unspecified atom stereocenters. The zero-order valence-corrected chi connectivity index (χ0v) is 24.8. The molecular weight excluding hydrogens is 614 g/mol. The summed E-state index contributed by atoms with van der Waals surface area (Å²) < 4.78 is 19.7. The average molecular weight is 638 g/mol. The SMILES string of the molecule is COc1ccc(Br)cc1[C@@H]1C(C(=O)OC(C)C)=C(C)N=c2s/c(=C\c3ccc(-c4ccc([N+](=O)[O-])cc4)o3)c(=O)n21. The largest absolute Gasteiger partial charge is 0.496 e. The molecule has 0 bridgehead atoms. The number of thiazole rings is 1. The molecule has 1 aliphatic rings. The van der Waals surface area contributed by atoms with Crippen molar-refractivity contribution in [2.75, 3.05) is 7.11 Å². The second-order valence-corrected chi connectivity index (χ2v) is 11.4. The molecule has 4 aromatic rings. The predicted octanol–water partition coefficient (Wildman–Crippen LogP) is 5.13. The zero-order chi connectivity index (χ0) is 29.4. The number of non-ortho nitro benzene ring substituents is 1. The number of aromatic nitrogens is 1. The van der Waals surface area contributed by atoms with Crippen molar-refractivity contribution >= 4 is 45.0 Å². The number of allylic oxidation sites excluding steroid dienone is 1. The van der Waals surface area contributed by atoms with E-state index >= 15 is 0 Å². The minimum atomic E-state index is -0.848. The lowest BCUT2D eigenvalue weighted by Crippen LogP contribution is -2.40. The number of methoxy groups -OCH3 is 1. The van der Waals surface area contributed by atoms with Crippen molar-refractivity contribution in [1.82, 2.24) is 4.57 Å². The Hall–Kier alpha value is -4.29. The van der Waals surface area contributed by atoms with Gasteiger partial charge in [0.1, 0.15) is 23.3 Å². The molecule has 3 heterocycles. The Labute approximate surface area is 246 Å². The van der Waals surface area contributed by atoms with E-state index in [4.69, 9.17) is 13.9 Å². The summed E-state index contributed by atoms with van der Waals surface area (Å²) in [5, 5.41) is 11.0. The molecule has 0 radical (unpaired) electrons. The maximum absolute atomic E-state index is 13.9. The number of rotatable bonds is 7. The third kappa shape index (κ3) is 5.52. The fourth-order valence-electron chi connectivity index (χ4n) is 4.54. The second-order valence-electron chi connectivity index (χ2n) is 9.43. The maximum atomic E-state index is 13.9. The minimum absolute atomic E-state index is 0.0230. The van der Waals surface area contributed by atoms with E-state index in [0.717, 1.165) is 4.47 Å².